The van der Waals surface area contributed by atoms with Gasteiger partial charge in [0, 0.05) is 13.0 Å². The summed E-state index contributed by atoms with van der Waals surface area (Å²) in [5.41, 5.74) is -2.67. The predicted octanol–water partition coefficient (Wildman–Crippen LogP) is 0.718. The number of amidine groups is 1. The first-order valence-electron chi connectivity index (χ1n) is 6.53. The summed E-state index contributed by atoms with van der Waals surface area (Å²) >= 11 is 0. The van der Waals surface area contributed by atoms with E-state index in [-0.39, 0.29) is 19.2 Å². The predicted molar refractivity (Wildman–Crippen MR) is 78.3 cm³/mol. The van der Waals surface area contributed by atoms with Gasteiger partial charge in [-0.3, -0.25) is 14.1 Å². The van der Waals surface area contributed by atoms with E-state index in [0.29, 0.717) is 18.9 Å². The summed E-state index contributed by atoms with van der Waals surface area (Å²) in [5.74, 6) is -2.93. The molecule has 0 saturated heterocycles. The molecule has 0 saturated carbocycles. The van der Waals surface area contributed by atoms with Crippen molar-refractivity contribution >= 4 is 25.4 Å². The zero-order valence-electron chi connectivity index (χ0n) is 12.2. The van der Waals surface area contributed by atoms with Gasteiger partial charge in [0.2, 0.25) is 0 Å². The molecule has 0 aromatic rings. The number of nitrogens with zero attached hydrogens (tertiary/aromatic N) is 1. The SMILES string of the molecule is C=CCOP(=O)(CCC1=NCCN1)OC(C)(C(=O)O)C(=O)O. The average Bonchev–Trinajstić information content (AvgIpc) is 2.96. The first-order chi connectivity index (χ1) is 10.2. The van der Waals surface area contributed by atoms with E-state index in [1.807, 2.05) is 0 Å². The van der Waals surface area contributed by atoms with E-state index in [0.717, 1.165) is 6.92 Å². The van der Waals surface area contributed by atoms with Gasteiger partial charge in [-0.25, -0.2) is 9.59 Å². The molecule has 1 atom stereocenters. The van der Waals surface area contributed by atoms with Gasteiger partial charge in [0.15, 0.2) is 0 Å². The van der Waals surface area contributed by atoms with Crippen LogP contribution < -0.4 is 5.32 Å². The van der Waals surface area contributed by atoms with Crippen LogP contribution in [-0.2, 0) is 23.2 Å². The Kier molecular flexibility index (Phi) is 6.28. The molecule has 124 valence electrons. The minimum Gasteiger partial charge on any atom is -0.479 e. The van der Waals surface area contributed by atoms with Crippen LogP contribution in [0.2, 0.25) is 0 Å². The van der Waals surface area contributed by atoms with Gasteiger partial charge < -0.3 is 20.1 Å². The summed E-state index contributed by atoms with van der Waals surface area (Å²) in [4.78, 5) is 26.4. The van der Waals surface area contributed by atoms with Crippen molar-refractivity contribution in [3.05, 3.63) is 12.7 Å². The molecule has 1 unspecified atom stereocenters. The Morgan fingerprint density at radius 2 is 2.14 bits per heavy atom. The zero-order chi connectivity index (χ0) is 16.8. The monoisotopic (exact) mass is 334 g/mol. The van der Waals surface area contributed by atoms with E-state index >= 15 is 0 Å². The molecule has 0 spiro atoms. The van der Waals surface area contributed by atoms with Crippen LogP contribution in [-0.4, -0.2) is 59.4 Å². The molecule has 1 heterocycles. The smallest absolute Gasteiger partial charge is 0.348 e. The van der Waals surface area contributed by atoms with E-state index in [9.17, 15) is 14.2 Å². The summed E-state index contributed by atoms with van der Waals surface area (Å²) in [6.07, 6.45) is 1.31. The Morgan fingerprint density at radius 1 is 1.50 bits per heavy atom. The molecule has 0 radical (unpaired) electrons. The van der Waals surface area contributed by atoms with Crippen molar-refractivity contribution in [1.82, 2.24) is 5.32 Å². The average molecular weight is 334 g/mol. The molecular weight excluding hydrogens is 315 g/mol. The lowest BCUT2D eigenvalue weighted by molar-refractivity contribution is -0.171. The largest absolute Gasteiger partial charge is 0.479 e. The maximum atomic E-state index is 12.7. The summed E-state index contributed by atoms with van der Waals surface area (Å²) in [6, 6.07) is 0. The van der Waals surface area contributed by atoms with Gasteiger partial charge in [-0.1, -0.05) is 6.08 Å². The van der Waals surface area contributed by atoms with E-state index in [2.05, 4.69) is 16.9 Å². The number of nitrogens with one attached hydrogen (secondary N) is 1. The lowest BCUT2D eigenvalue weighted by Gasteiger charge is -2.26. The van der Waals surface area contributed by atoms with Crippen LogP contribution >= 0.6 is 7.60 Å². The highest BCUT2D eigenvalue weighted by Gasteiger charge is 2.49. The number of aliphatic imine (C=N–C) groups is 1. The third kappa shape index (κ3) is 4.66. The molecule has 0 aliphatic carbocycles. The standard InChI is InChI=1S/C12H19N2O7P/c1-3-7-20-22(19,8-4-9-13-5-6-14-9)21-12(2,10(15)16)11(17)18/h3H,1,4-8H2,2H3,(H,13,14)(H,15,16)(H,17,18). The summed E-state index contributed by atoms with van der Waals surface area (Å²) in [7, 11) is -3.97. The van der Waals surface area contributed by atoms with Crippen LogP contribution in [0.4, 0.5) is 0 Å². The van der Waals surface area contributed by atoms with Gasteiger partial charge in [0.05, 0.1) is 25.1 Å². The second kappa shape index (κ2) is 7.53. The molecule has 1 rings (SSSR count). The third-order valence-corrected chi connectivity index (χ3v) is 4.85. The fourth-order valence-corrected chi connectivity index (χ4v) is 3.41. The molecule has 10 heteroatoms. The topological polar surface area (TPSA) is 135 Å². The summed E-state index contributed by atoms with van der Waals surface area (Å²) in [5, 5.41) is 21.0. The first-order valence-corrected chi connectivity index (χ1v) is 8.25. The minimum atomic E-state index is -3.97. The van der Waals surface area contributed by atoms with E-state index in [1.54, 1.807) is 0 Å². The first kappa shape index (κ1) is 18.3. The summed E-state index contributed by atoms with van der Waals surface area (Å²) in [6.45, 7) is 5.31. The molecule has 9 nitrogen and oxygen atoms in total. The lowest BCUT2D eigenvalue weighted by atomic mass is 10.1. The maximum Gasteiger partial charge on any atom is 0.348 e. The van der Waals surface area contributed by atoms with E-state index in [4.69, 9.17) is 19.3 Å². The van der Waals surface area contributed by atoms with E-state index in [1.165, 1.54) is 6.08 Å². The fraction of sp³-hybridized carbons (Fsp3) is 0.583. The van der Waals surface area contributed by atoms with Crippen LogP contribution in [0.1, 0.15) is 13.3 Å². The number of carbonyl (C=O) groups is 2. The fourth-order valence-electron chi connectivity index (χ4n) is 1.61. The second-order valence-corrected chi connectivity index (χ2v) is 6.77. The Labute approximate surface area is 127 Å². The Bertz CT molecular complexity index is 518. The van der Waals surface area contributed by atoms with Crippen molar-refractivity contribution in [3.8, 4) is 0 Å². The van der Waals surface area contributed by atoms with Crippen molar-refractivity contribution in [2.24, 2.45) is 4.99 Å². The van der Waals surface area contributed by atoms with Crippen molar-refractivity contribution in [3.63, 3.8) is 0 Å². The van der Waals surface area contributed by atoms with Gasteiger partial charge >= 0.3 is 19.5 Å². The van der Waals surface area contributed by atoms with Crippen LogP contribution in [0, 0.1) is 0 Å². The van der Waals surface area contributed by atoms with Crippen molar-refractivity contribution in [1.29, 1.82) is 0 Å². The number of rotatable bonds is 10. The van der Waals surface area contributed by atoms with E-state index < -0.39 is 25.1 Å². The number of hydrogen-bond acceptors (Lipinski definition) is 7. The maximum absolute atomic E-state index is 12.7. The number of hydrogen-bond donors (Lipinski definition) is 3. The Hall–Kier alpha value is -1.70. The van der Waals surface area contributed by atoms with Crippen LogP contribution in [0.25, 0.3) is 0 Å². The molecular formula is C12H19N2O7P. The zero-order valence-corrected chi connectivity index (χ0v) is 13.0. The highest BCUT2D eigenvalue weighted by Crippen LogP contribution is 2.52. The second-order valence-electron chi connectivity index (χ2n) is 4.66. The molecule has 0 amide bonds. The quantitative estimate of drug-likeness (QED) is 0.302. The van der Waals surface area contributed by atoms with Crippen LogP contribution in [0.5, 0.6) is 0 Å². The number of carboxylic acid groups (broad SMARTS) is 2. The third-order valence-electron chi connectivity index (χ3n) is 2.89. The normalized spacial score (nSPS) is 17.2. The van der Waals surface area contributed by atoms with Gasteiger partial charge in [0.25, 0.3) is 5.60 Å². The molecule has 3 N–H and O–H groups in total. The lowest BCUT2D eigenvalue weighted by Crippen LogP contribution is -2.45. The van der Waals surface area contributed by atoms with Crippen molar-refractivity contribution in [2.45, 2.75) is 18.9 Å². The van der Waals surface area contributed by atoms with Gasteiger partial charge in [-0.2, -0.15) is 0 Å². The molecule has 1 aliphatic heterocycles. The van der Waals surface area contributed by atoms with Gasteiger partial charge in [0.1, 0.15) is 0 Å². The molecule has 1 aliphatic rings. The van der Waals surface area contributed by atoms with Crippen molar-refractivity contribution < 1.29 is 33.4 Å². The summed E-state index contributed by atoms with van der Waals surface area (Å²) < 4.78 is 22.6. The van der Waals surface area contributed by atoms with Crippen LogP contribution in [0.3, 0.4) is 0 Å². The minimum absolute atomic E-state index is 0.160. The van der Waals surface area contributed by atoms with Gasteiger partial charge in [-0.05, 0) is 6.92 Å². The molecule has 0 aromatic heterocycles. The Balaban J connectivity index is 2.89. The number of aliphatic carboxylic acids is 2. The molecule has 0 aromatic carbocycles. The molecule has 0 bridgehead atoms. The molecule has 0 fully saturated rings. The highest BCUT2D eigenvalue weighted by atomic mass is 31.2. The Morgan fingerprint density at radius 3 is 2.59 bits per heavy atom. The number of carboxylic acids is 2. The highest BCUT2D eigenvalue weighted by molar-refractivity contribution is 7.54. The van der Waals surface area contributed by atoms with Crippen LogP contribution in [0.15, 0.2) is 17.6 Å². The van der Waals surface area contributed by atoms with Gasteiger partial charge in [-0.15, -0.1) is 6.58 Å². The molecule has 22 heavy (non-hydrogen) atoms. The van der Waals surface area contributed by atoms with Crippen molar-refractivity contribution in [2.75, 3.05) is 25.9 Å².